The van der Waals surface area contributed by atoms with E-state index in [0.717, 1.165) is 12.0 Å². The molecule has 30 heavy (non-hydrogen) atoms. The number of carbonyl (C=O) groups is 1. The van der Waals surface area contributed by atoms with Gasteiger partial charge in [-0.15, -0.1) is 0 Å². The Labute approximate surface area is 174 Å². The lowest BCUT2D eigenvalue weighted by molar-refractivity contribution is -0.124. The Bertz CT molecular complexity index is 1140. The van der Waals surface area contributed by atoms with Crippen molar-refractivity contribution in [2.45, 2.75) is 36.1 Å². The molecule has 0 saturated heterocycles. The number of sulfonamides is 1. The molecule has 2 aromatic carbocycles. The van der Waals surface area contributed by atoms with E-state index in [9.17, 15) is 17.6 Å². The largest absolute Gasteiger partial charge is 0.468 e. The summed E-state index contributed by atoms with van der Waals surface area (Å²) in [5.74, 6) is -0.0821. The van der Waals surface area contributed by atoms with Crippen molar-refractivity contribution in [1.29, 1.82) is 0 Å². The van der Waals surface area contributed by atoms with E-state index in [4.69, 9.17) is 4.42 Å². The molecule has 1 aliphatic rings. The summed E-state index contributed by atoms with van der Waals surface area (Å²) in [6, 6.07) is 15.4. The fourth-order valence-corrected chi connectivity index (χ4v) is 4.64. The van der Waals surface area contributed by atoms with Crippen LogP contribution >= 0.6 is 0 Å². The van der Waals surface area contributed by atoms with Crippen molar-refractivity contribution < 1.29 is 22.0 Å². The van der Waals surface area contributed by atoms with Crippen molar-refractivity contribution in [3.05, 3.63) is 84.1 Å². The first-order valence-electron chi connectivity index (χ1n) is 9.59. The highest BCUT2D eigenvalue weighted by Crippen LogP contribution is 2.44. The molecule has 0 unspecified atom stereocenters. The van der Waals surface area contributed by atoms with E-state index in [1.807, 2.05) is 0 Å². The van der Waals surface area contributed by atoms with Gasteiger partial charge in [-0.05, 0) is 60.9 Å². The van der Waals surface area contributed by atoms with Crippen LogP contribution in [0.25, 0.3) is 0 Å². The maximum absolute atomic E-state index is 13.3. The number of nitrogens with one attached hydrogen (secondary N) is 2. The predicted octanol–water partition coefficient (Wildman–Crippen LogP) is 3.96. The number of rotatable bonds is 7. The van der Waals surface area contributed by atoms with Crippen LogP contribution in [0, 0.1) is 5.82 Å². The normalized spacial score (nSPS) is 15.4. The van der Waals surface area contributed by atoms with Gasteiger partial charge in [-0.3, -0.25) is 4.79 Å². The van der Waals surface area contributed by atoms with Crippen LogP contribution in [0.2, 0.25) is 0 Å². The highest BCUT2D eigenvalue weighted by atomic mass is 32.2. The van der Waals surface area contributed by atoms with Crippen LogP contribution in [-0.4, -0.2) is 14.3 Å². The molecule has 6 nitrogen and oxygen atoms in total. The molecule has 1 aromatic heterocycles. The summed E-state index contributed by atoms with van der Waals surface area (Å²) in [5, 5.41) is 2.84. The average molecular weight is 428 g/mol. The third-order valence-electron chi connectivity index (χ3n) is 5.46. The molecule has 1 amide bonds. The molecule has 8 heteroatoms. The molecule has 156 valence electrons. The Morgan fingerprint density at radius 1 is 1.07 bits per heavy atom. The SMILES string of the molecule is O=C(Nc1cccc(S(=O)(=O)NCc2ccco2)c1)C1(c2ccc(F)cc2)CCC1. The van der Waals surface area contributed by atoms with E-state index in [0.29, 0.717) is 24.3 Å². The molecular weight excluding hydrogens is 407 g/mol. The molecule has 0 bridgehead atoms. The van der Waals surface area contributed by atoms with Crippen molar-refractivity contribution in [2.75, 3.05) is 5.32 Å². The molecule has 3 aromatic rings. The van der Waals surface area contributed by atoms with Crippen molar-refractivity contribution in [3.8, 4) is 0 Å². The number of halogens is 1. The summed E-state index contributed by atoms with van der Waals surface area (Å²) in [7, 11) is -3.78. The Kier molecular flexibility index (Phi) is 5.44. The van der Waals surface area contributed by atoms with E-state index in [-0.39, 0.29) is 23.2 Å². The van der Waals surface area contributed by atoms with Crippen LogP contribution in [0.3, 0.4) is 0 Å². The summed E-state index contributed by atoms with van der Waals surface area (Å²) >= 11 is 0. The maximum atomic E-state index is 13.3. The minimum atomic E-state index is -3.78. The second-order valence-electron chi connectivity index (χ2n) is 7.33. The molecule has 0 atom stereocenters. The van der Waals surface area contributed by atoms with Gasteiger partial charge in [0.1, 0.15) is 11.6 Å². The maximum Gasteiger partial charge on any atom is 0.241 e. The summed E-state index contributed by atoms with van der Waals surface area (Å²) in [4.78, 5) is 13.1. The first-order chi connectivity index (χ1) is 14.4. The summed E-state index contributed by atoms with van der Waals surface area (Å²) < 4.78 is 46.1. The molecule has 1 heterocycles. The van der Waals surface area contributed by atoms with Gasteiger partial charge in [0, 0.05) is 5.69 Å². The first kappa shape index (κ1) is 20.3. The Morgan fingerprint density at radius 2 is 1.83 bits per heavy atom. The van der Waals surface area contributed by atoms with Crippen LogP contribution in [0.5, 0.6) is 0 Å². The van der Waals surface area contributed by atoms with Crippen molar-refractivity contribution >= 4 is 21.6 Å². The third kappa shape index (κ3) is 4.01. The number of hydrogen-bond acceptors (Lipinski definition) is 4. The third-order valence-corrected chi connectivity index (χ3v) is 6.86. The standard InChI is InChI=1S/C22H21FN2O4S/c23-17-9-7-16(8-10-17)22(11-3-12-22)21(26)25-18-4-1-6-20(14-18)30(27,28)24-15-19-5-2-13-29-19/h1-2,4-10,13-14,24H,3,11-12,15H2,(H,25,26). The van der Waals surface area contributed by atoms with Gasteiger partial charge in [-0.1, -0.05) is 24.6 Å². The Balaban J connectivity index is 1.51. The Morgan fingerprint density at radius 3 is 2.47 bits per heavy atom. The van der Waals surface area contributed by atoms with E-state index in [2.05, 4.69) is 10.0 Å². The van der Waals surface area contributed by atoms with E-state index < -0.39 is 15.4 Å². The zero-order valence-electron chi connectivity index (χ0n) is 16.1. The van der Waals surface area contributed by atoms with Crippen LogP contribution < -0.4 is 10.0 Å². The molecule has 1 aliphatic carbocycles. The summed E-state index contributed by atoms with van der Waals surface area (Å²) in [5.41, 5.74) is 0.422. The fourth-order valence-electron chi connectivity index (χ4n) is 3.60. The summed E-state index contributed by atoms with van der Waals surface area (Å²) in [6.45, 7) is 0.0274. The lowest BCUT2D eigenvalue weighted by atomic mass is 9.64. The van der Waals surface area contributed by atoms with E-state index in [1.54, 1.807) is 36.4 Å². The van der Waals surface area contributed by atoms with Gasteiger partial charge in [0.15, 0.2) is 0 Å². The summed E-state index contributed by atoms with van der Waals surface area (Å²) in [6.07, 6.45) is 3.69. The van der Waals surface area contributed by atoms with Crippen LogP contribution in [0.1, 0.15) is 30.6 Å². The molecular formula is C22H21FN2O4S. The van der Waals surface area contributed by atoms with Gasteiger partial charge in [0.05, 0.1) is 23.1 Å². The highest BCUT2D eigenvalue weighted by Gasteiger charge is 2.45. The van der Waals surface area contributed by atoms with Gasteiger partial charge in [0.25, 0.3) is 0 Å². The second-order valence-corrected chi connectivity index (χ2v) is 9.10. The van der Waals surface area contributed by atoms with Gasteiger partial charge in [0.2, 0.25) is 15.9 Å². The molecule has 4 rings (SSSR count). The van der Waals surface area contributed by atoms with Crippen LogP contribution in [0.15, 0.2) is 76.2 Å². The van der Waals surface area contributed by atoms with Gasteiger partial charge < -0.3 is 9.73 Å². The topological polar surface area (TPSA) is 88.4 Å². The van der Waals surface area contributed by atoms with Gasteiger partial charge in [-0.25, -0.2) is 17.5 Å². The zero-order chi connectivity index (χ0) is 21.2. The number of hydrogen-bond donors (Lipinski definition) is 2. The quantitative estimate of drug-likeness (QED) is 0.596. The number of amides is 1. The van der Waals surface area contributed by atoms with Crippen molar-refractivity contribution in [2.24, 2.45) is 0 Å². The predicted molar refractivity (Wildman–Crippen MR) is 110 cm³/mol. The minimum Gasteiger partial charge on any atom is -0.468 e. The second kappa shape index (κ2) is 8.04. The number of furan rings is 1. The van der Waals surface area contributed by atoms with Crippen molar-refractivity contribution in [1.82, 2.24) is 4.72 Å². The number of anilines is 1. The lowest BCUT2D eigenvalue weighted by Gasteiger charge is -2.40. The smallest absolute Gasteiger partial charge is 0.241 e. The fraction of sp³-hybridized carbons (Fsp3) is 0.227. The van der Waals surface area contributed by atoms with E-state index >= 15 is 0 Å². The number of carbonyl (C=O) groups excluding carboxylic acids is 1. The molecule has 1 saturated carbocycles. The molecule has 1 fully saturated rings. The van der Waals surface area contributed by atoms with Crippen LogP contribution in [-0.2, 0) is 26.8 Å². The number of benzene rings is 2. The molecule has 0 radical (unpaired) electrons. The molecule has 0 aliphatic heterocycles. The molecule has 2 N–H and O–H groups in total. The molecule has 0 spiro atoms. The van der Waals surface area contributed by atoms with Gasteiger partial charge >= 0.3 is 0 Å². The van der Waals surface area contributed by atoms with Crippen molar-refractivity contribution in [3.63, 3.8) is 0 Å². The monoisotopic (exact) mass is 428 g/mol. The lowest BCUT2D eigenvalue weighted by Crippen LogP contribution is -2.46. The highest BCUT2D eigenvalue weighted by molar-refractivity contribution is 7.89. The van der Waals surface area contributed by atoms with E-state index in [1.165, 1.54) is 30.5 Å². The minimum absolute atomic E-state index is 0.0274. The average Bonchev–Trinajstić information content (AvgIpc) is 3.21. The van der Waals surface area contributed by atoms with Gasteiger partial charge in [-0.2, -0.15) is 0 Å². The Hall–Kier alpha value is -2.97. The zero-order valence-corrected chi connectivity index (χ0v) is 16.9. The van der Waals surface area contributed by atoms with Crippen LogP contribution in [0.4, 0.5) is 10.1 Å². The first-order valence-corrected chi connectivity index (χ1v) is 11.1.